The normalized spacial score (nSPS) is 18.7. The fourth-order valence-electron chi connectivity index (χ4n) is 2.09. The molecule has 1 heterocycles. The Kier molecular flexibility index (Phi) is 4.27. The molecule has 106 valence electrons. The molecular weight excluding hydrogens is 290 g/mol. The van der Waals surface area contributed by atoms with Crippen molar-refractivity contribution in [3.8, 4) is 5.75 Å². The highest BCUT2D eigenvalue weighted by Gasteiger charge is 2.25. The van der Waals surface area contributed by atoms with Gasteiger partial charge < -0.3 is 4.74 Å². The molecule has 1 aliphatic carbocycles. The lowest BCUT2D eigenvalue weighted by Crippen LogP contribution is -2.30. The number of nitrogens with zero attached hydrogens (tertiary/aromatic N) is 1. The van der Waals surface area contributed by atoms with E-state index in [1.807, 2.05) is 12.1 Å². The lowest BCUT2D eigenvalue weighted by atomic mass is 10.1. The molecule has 1 aliphatic heterocycles. The van der Waals surface area contributed by atoms with Gasteiger partial charge in [-0.15, -0.1) is 0 Å². The Morgan fingerprint density at radius 2 is 2.05 bits per heavy atom. The van der Waals surface area contributed by atoms with Crippen molar-refractivity contribution < 1.29 is 9.53 Å². The molecule has 0 aromatic heterocycles. The van der Waals surface area contributed by atoms with Crippen LogP contribution >= 0.6 is 24.0 Å². The first-order chi connectivity index (χ1) is 9.72. The third kappa shape index (κ3) is 3.52. The molecule has 1 aromatic carbocycles. The van der Waals surface area contributed by atoms with Crippen molar-refractivity contribution in [2.45, 2.75) is 19.3 Å². The molecule has 0 unspecified atom stereocenters. The van der Waals surface area contributed by atoms with Gasteiger partial charge in [-0.05, 0) is 42.9 Å². The second kappa shape index (κ2) is 6.14. The van der Waals surface area contributed by atoms with Crippen molar-refractivity contribution >= 4 is 34.2 Å². The highest BCUT2D eigenvalue weighted by atomic mass is 32.2. The maximum absolute atomic E-state index is 11.6. The molecule has 1 saturated carbocycles. The molecule has 2 fully saturated rings. The summed E-state index contributed by atoms with van der Waals surface area (Å²) in [5.74, 6) is 2.33. The van der Waals surface area contributed by atoms with Gasteiger partial charge in [0.05, 0.1) is 12.4 Å². The van der Waals surface area contributed by atoms with Crippen molar-refractivity contribution in [3.63, 3.8) is 0 Å². The summed E-state index contributed by atoms with van der Waals surface area (Å²) in [6.45, 7) is 1.51. The van der Waals surface area contributed by atoms with E-state index in [1.165, 1.54) is 30.2 Å². The van der Waals surface area contributed by atoms with Crippen molar-refractivity contribution in [1.82, 2.24) is 4.90 Å². The molecule has 20 heavy (non-hydrogen) atoms. The second-order valence-corrected chi connectivity index (χ2v) is 6.86. The smallest absolute Gasteiger partial charge is 0.238 e. The largest absolute Gasteiger partial charge is 0.493 e. The van der Waals surface area contributed by atoms with Crippen molar-refractivity contribution in [2.75, 3.05) is 18.9 Å². The lowest BCUT2D eigenvalue weighted by Gasteiger charge is -2.14. The van der Waals surface area contributed by atoms with Crippen molar-refractivity contribution in [3.05, 3.63) is 29.8 Å². The van der Waals surface area contributed by atoms with E-state index >= 15 is 0 Å². The minimum Gasteiger partial charge on any atom is -0.493 e. The van der Waals surface area contributed by atoms with Crippen LogP contribution in [0.25, 0.3) is 0 Å². The molecular formula is C15H17NO2S2. The first-order valence-electron chi connectivity index (χ1n) is 6.91. The number of hydrogen-bond donors (Lipinski definition) is 0. The number of carbonyl (C=O) groups excluding carboxylic acids is 1. The number of amides is 1. The second-order valence-electron chi connectivity index (χ2n) is 5.25. The fourth-order valence-corrected chi connectivity index (χ4v) is 3.21. The van der Waals surface area contributed by atoms with Crippen LogP contribution in [0, 0.1) is 5.92 Å². The van der Waals surface area contributed by atoms with Gasteiger partial charge in [-0.1, -0.05) is 36.1 Å². The number of hydrogen-bond acceptors (Lipinski definition) is 4. The van der Waals surface area contributed by atoms with Gasteiger partial charge >= 0.3 is 0 Å². The molecule has 0 bridgehead atoms. The van der Waals surface area contributed by atoms with Crippen LogP contribution in [0.4, 0.5) is 0 Å². The first kappa shape index (κ1) is 13.9. The Morgan fingerprint density at radius 3 is 2.65 bits per heavy atom. The van der Waals surface area contributed by atoms with Crippen LogP contribution in [0.3, 0.4) is 0 Å². The van der Waals surface area contributed by atoms with E-state index in [9.17, 15) is 4.79 Å². The first-order valence-corrected chi connectivity index (χ1v) is 8.30. The topological polar surface area (TPSA) is 29.5 Å². The summed E-state index contributed by atoms with van der Waals surface area (Å²) in [5, 5.41) is 0. The molecule has 3 rings (SSSR count). The van der Waals surface area contributed by atoms with Crippen LogP contribution in [0.5, 0.6) is 5.75 Å². The van der Waals surface area contributed by atoms with E-state index in [0.717, 1.165) is 24.7 Å². The van der Waals surface area contributed by atoms with Crippen molar-refractivity contribution in [1.29, 1.82) is 0 Å². The minimum absolute atomic E-state index is 0.129. The SMILES string of the molecule is O=C1CSC(=S)N1CCc1ccc(OCC2CC2)cc1. The zero-order chi connectivity index (χ0) is 13.9. The molecule has 0 radical (unpaired) electrons. The van der Waals surface area contributed by atoms with E-state index in [4.69, 9.17) is 17.0 Å². The van der Waals surface area contributed by atoms with Crippen LogP contribution in [-0.2, 0) is 11.2 Å². The Bertz CT molecular complexity index is 495. The molecule has 5 heteroatoms. The summed E-state index contributed by atoms with van der Waals surface area (Å²) < 4.78 is 6.42. The molecule has 3 nitrogen and oxygen atoms in total. The Labute approximate surface area is 128 Å². The number of carbonyl (C=O) groups is 1. The maximum Gasteiger partial charge on any atom is 0.238 e. The van der Waals surface area contributed by atoms with Gasteiger partial charge in [-0.3, -0.25) is 9.69 Å². The zero-order valence-corrected chi connectivity index (χ0v) is 12.8. The quantitative estimate of drug-likeness (QED) is 0.756. The van der Waals surface area contributed by atoms with Crippen LogP contribution < -0.4 is 4.74 Å². The van der Waals surface area contributed by atoms with Crippen LogP contribution in [0.1, 0.15) is 18.4 Å². The van der Waals surface area contributed by atoms with E-state index in [0.29, 0.717) is 16.6 Å². The number of rotatable bonds is 6. The Balaban J connectivity index is 1.49. The number of ether oxygens (including phenoxy) is 1. The molecule has 1 aromatic rings. The minimum atomic E-state index is 0.129. The number of thioether (sulfide) groups is 1. The average molecular weight is 307 g/mol. The predicted octanol–water partition coefficient (Wildman–Crippen LogP) is 2.88. The standard InChI is InChI=1S/C15H17NO2S2/c17-14-10-20-15(19)16(14)8-7-11-3-5-13(6-4-11)18-9-12-1-2-12/h3-6,12H,1-2,7-10H2. The highest BCUT2D eigenvalue weighted by Crippen LogP contribution is 2.29. The molecule has 2 aliphatic rings. The maximum atomic E-state index is 11.6. The summed E-state index contributed by atoms with van der Waals surface area (Å²) in [4.78, 5) is 13.3. The van der Waals surface area contributed by atoms with E-state index < -0.39 is 0 Å². The number of benzene rings is 1. The van der Waals surface area contributed by atoms with Gasteiger partial charge in [-0.2, -0.15) is 0 Å². The van der Waals surface area contributed by atoms with E-state index in [1.54, 1.807) is 4.90 Å². The summed E-state index contributed by atoms with van der Waals surface area (Å²) >= 11 is 6.62. The highest BCUT2D eigenvalue weighted by molar-refractivity contribution is 8.23. The van der Waals surface area contributed by atoms with Gasteiger partial charge in [-0.25, -0.2) is 0 Å². The van der Waals surface area contributed by atoms with Crippen LogP contribution in [-0.4, -0.2) is 34.0 Å². The third-order valence-electron chi connectivity index (χ3n) is 3.57. The van der Waals surface area contributed by atoms with Gasteiger partial charge in [0.2, 0.25) is 5.91 Å². The summed E-state index contributed by atoms with van der Waals surface area (Å²) in [6.07, 6.45) is 3.44. The van der Waals surface area contributed by atoms with Gasteiger partial charge in [0.25, 0.3) is 0 Å². The lowest BCUT2D eigenvalue weighted by molar-refractivity contribution is -0.123. The summed E-state index contributed by atoms with van der Waals surface area (Å²) in [6, 6.07) is 8.16. The monoisotopic (exact) mass is 307 g/mol. The molecule has 0 spiro atoms. The van der Waals surface area contributed by atoms with E-state index in [2.05, 4.69) is 12.1 Å². The van der Waals surface area contributed by atoms with Crippen LogP contribution in [0.15, 0.2) is 24.3 Å². The molecule has 1 amide bonds. The fraction of sp³-hybridized carbons (Fsp3) is 0.467. The molecule has 0 N–H and O–H groups in total. The summed E-state index contributed by atoms with van der Waals surface area (Å²) in [7, 11) is 0. The van der Waals surface area contributed by atoms with Gasteiger partial charge in [0.15, 0.2) is 0 Å². The predicted molar refractivity (Wildman–Crippen MR) is 85.1 cm³/mol. The van der Waals surface area contributed by atoms with E-state index in [-0.39, 0.29) is 5.91 Å². The Hall–Kier alpha value is -1.07. The Morgan fingerprint density at radius 1 is 1.30 bits per heavy atom. The third-order valence-corrected chi connectivity index (χ3v) is 5.00. The molecule has 1 saturated heterocycles. The number of thiocarbonyl (C=S) groups is 1. The molecule has 0 atom stereocenters. The average Bonchev–Trinajstić information content (AvgIpc) is 3.23. The van der Waals surface area contributed by atoms with Gasteiger partial charge in [0.1, 0.15) is 10.1 Å². The zero-order valence-electron chi connectivity index (χ0n) is 11.2. The summed E-state index contributed by atoms with van der Waals surface area (Å²) in [5.41, 5.74) is 1.20. The van der Waals surface area contributed by atoms with Crippen molar-refractivity contribution in [2.24, 2.45) is 5.92 Å². The van der Waals surface area contributed by atoms with Gasteiger partial charge in [0, 0.05) is 6.54 Å². The van der Waals surface area contributed by atoms with Crippen LogP contribution in [0.2, 0.25) is 0 Å².